The number of para-hydroxylation sites is 1. The van der Waals surface area contributed by atoms with Crippen molar-refractivity contribution in [3.05, 3.63) is 41.9 Å². The molecule has 0 spiro atoms. The van der Waals surface area contributed by atoms with E-state index >= 15 is 0 Å². The van der Waals surface area contributed by atoms with Crippen LogP contribution in [0.2, 0.25) is 0 Å². The fraction of sp³-hybridized carbons (Fsp3) is 0.421. The maximum atomic E-state index is 14.2. The molecule has 0 bridgehead atoms. The Kier molecular flexibility index (Phi) is 3.68. The lowest BCUT2D eigenvalue weighted by Crippen LogP contribution is -2.47. The SMILES string of the molecule is CCN(CC)C(=O)C1C=C2c3cccc4c(F)cn(c34)CC2NC1. The molecule has 126 valence electrons. The zero-order chi connectivity index (χ0) is 16.8. The molecule has 5 heteroatoms. The van der Waals surface area contributed by atoms with E-state index in [4.69, 9.17) is 0 Å². The summed E-state index contributed by atoms with van der Waals surface area (Å²) in [6.07, 6.45) is 3.69. The summed E-state index contributed by atoms with van der Waals surface area (Å²) >= 11 is 0. The van der Waals surface area contributed by atoms with Gasteiger partial charge in [0.1, 0.15) is 5.82 Å². The molecular formula is C19H22FN3O. The van der Waals surface area contributed by atoms with E-state index in [9.17, 15) is 9.18 Å². The maximum Gasteiger partial charge on any atom is 0.230 e. The summed E-state index contributed by atoms with van der Waals surface area (Å²) in [5.74, 6) is -0.169. The summed E-state index contributed by atoms with van der Waals surface area (Å²) in [5, 5.41) is 4.15. The van der Waals surface area contributed by atoms with Gasteiger partial charge in [-0.15, -0.1) is 0 Å². The lowest BCUT2D eigenvalue weighted by molar-refractivity contribution is -0.133. The van der Waals surface area contributed by atoms with Gasteiger partial charge >= 0.3 is 0 Å². The molecular weight excluding hydrogens is 305 g/mol. The summed E-state index contributed by atoms with van der Waals surface area (Å²) in [4.78, 5) is 14.6. The van der Waals surface area contributed by atoms with Crippen molar-refractivity contribution < 1.29 is 9.18 Å². The molecule has 2 aliphatic rings. The van der Waals surface area contributed by atoms with Gasteiger partial charge in [-0.25, -0.2) is 4.39 Å². The van der Waals surface area contributed by atoms with Crippen molar-refractivity contribution in [2.45, 2.75) is 26.4 Å². The van der Waals surface area contributed by atoms with Crippen LogP contribution in [0.5, 0.6) is 0 Å². The van der Waals surface area contributed by atoms with Crippen LogP contribution in [0, 0.1) is 11.7 Å². The van der Waals surface area contributed by atoms with Crippen molar-refractivity contribution in [1.29, 1.82) is 0 Å². The standard InChI is InChI=1S/C19H22FN3O/c1-3-22(4-2)19(24)12-8-15-13-6-5-7-14-16(20)10-23(18(13)14)11-17(15)21-9-12/h5-8,10,12,17,21H,3-4,9,11H2,1-2H3. The van der Waals surface area contributed by atoms with E-state index in [-0.39, 0.29) is 23.7 Å². The minimum atomic E-state index is -0.179. The molecule has 1 aromatic heterocycles. The summed E-state index contributed by atoms with van der Waals surface area (Å²) in [7, 11) is 0. The Bertz CT molecular complexity index is 834. The lowest BCUT2D eigenvalue weighted by Gasteiger charge is -2.35. The van der Waals surface area contributed by atoms with Gasteiger partial charge < -0.3 is 14.8 Å². The summed E-state index contributed by atoms with van der Waals surface area (Å²) in [6, 6.07) is 5.88. The molecule has 3 heterocycles. The van der Waals surface area contributed by atoms with Gasteiger partial charge in [0.15, 0.2) is 0 Å². The molecule has 0 aliphatic carbocycles. The second-order valence-electron chi connectivity index (χ2n) is 6.53. The molecule has 24 heavy (non-hydrogen) atoms. The summed E-state index contributed by atoms with van der Waals surface area (Å²) in [6.45, 7) is 6.80. The van der Waals surface area contributed by atoms with E-state index < -0.39 is 0 Å². The van der Waals surface area contributed by atoms with E-state index in [0.29, 0.717) is 18.5 Å². The number of nitrogens with one attached hydrogen (secondary N) is 1. The highest BCUT2D eigenvalue weighted by Crippen LogP contribution is 2.37. The molecule has 0 saturated carbocycles. The van der Waals surface area contributed by atoms with E-state index in [0.717, 1.165) is 29.7 Å². The van der Waals surface area contributed by atoms with Crippen molar-refractivity contribution in [3.8, 4) is 0 Å². The van der Waals surface area contributed by atoms with E-state index in [1.807, 2.05) is 41.5 Å². The third-order valence-electron chi connectivity index (χ3n) is 5.27. The zero-order valence-corrected chi connectivity index (χ0v) is 14.1. The first kappa shape index (κ1) is 15.4. The van der Waals surface area contributed by atoms with Gasteiger partial charge in [-0.1, -0.05) is 18.2 Å². The Labute approximate surface area is 140 Å². The molecule has 2 aliphatic heterocycles. The first-order valence-electron chi connectivity index (χ1n) is 8.65. The number of hydrogen-bond acceptors (Lipinski definition) is 2. The predicted octanol–water partition coefficient (Wildman–Crippen LogP) is 2.63. The molecule has 1 N–H and O–H groups in total. The smallest absolute Gasteiger partial charge is 0.230 e. The van der Waals surface area contributed by atoms with Crippen LogP contribution in [0.3, 0.4) is 0 Å². The van der Waals surface area contributed by atoms with Crippen LogP contribution in [0.1, 0.15) is 19.4 Å². The number of aromatic nitrogens is 1. The van der Waals surface area contributed by atoms with Gasteiger partial charge in [0.2, 0.25) is 5.91 Å². The third-order valence-corrected chi connectivity index (χ3v) is 5.27. The number of rotatable bonds is 3. The molecule has 1 amide bonds. The highest BCUT2D eigenvalue weighted by atomic mass is 19.1. The third kappa shape index (κ3) is 2.18. The maximum absolute atomic E-state index is 14.2. The Morgan fingerprint density at radius 2 is 2.17 bits per heavy atom. The number of fused-ring (bicyclic) bond motifs is 2. The average Bonchev–Trinajstić information content (AvgIpc) is 2.93. The van der Waals surface area contributed by atoms with Crippen molar-refractivity contribution in [2.24, 2.45) is 5.92 Å². The van der Waals surface area contributed by atoms with Crippen molar-refractivity contribution in [1.82, 2.24) is 14.8 Å². The summed E-state index contributed by atoms with van der Waals surface area (Å²) < 4.78 is 16.1. The monoisotopic (exact) mass is 327 g/mol. The van der Waals surface area contributed by atoms with Gasteiger partial charge in [-0.05, 0) is 25.5 Å². The predicted molar refractivity (Wildman–Crippen MR) is 93.1 cm³/mol. The summed E-state index contributed by atoms with van der Waals surface area (Å²) in [5.41, 5.74) is 3.11. The number of nitrogens with zero attached hydrogens (tertiary/aromatic N) is 2. The number of halogens is 1. The molecule has 1 aromatic carbocycles. The van der Waals surface area contributed by atoms with Crippen molar-refractivity contribution in [3.63, 3.8) is 0 Å². The average molecular weight is 327 g/mol. The van der Waals surface area contributed by atoms with Crippen LogP contribution in [-0.2, 0) is 11.3 Å². The van der Waals surface area contributed by atoms with Gasteiger partial charge in [0.05, 0.1) is 17.5 Å². The van der Waals surface area contributed by atoms with Gasteiger partial charge in [-0.3, -0.25) is 4.79 Å². The Balaban J connectivity index is 1.79. The second-order valence-corrected chi connectivity index (χ2v) is 6.53. The Hall–Kier alpha value is -2.14. The van der Waals surface area contributed by atoms with Gasteiger partial charge in [-0.2, -0.15) is 0 Å². The highest BCUT2D eigenvalue weighted by molar-refractivity contribution is 5.96. The van der Waals surface area contributed by atoms with Crippen LogP contribution >= 0.6 is 0 Å². The molecule has 0 saturated heterocycles. The number of amides is 1. The highest BCUT2D eigenvalue weighted by Gasteiger charge is 2.33. The fourth-order valence-corrected chi connectivity index (χ4v) is 4.03. The molecule has 4 rings (SSSR count). The first-order chi connectivity index (χ1) is 11.6. The van der Waals surface area contributed by atoms with Crippen molar-refractivity contribution in [2.75, 3.05) is 19.6 Å². The number of carbonyl (C=O) groups excluding carboxylic acids is 1. The molecule has 0 radical (unpaired) electrons. The van der Waals surface area contributed by atoms with Crippen molar-refractivity contribution >= 4 is 22.4 Å². The van der Waals surface area contributed by atoms with Crippen LogP contribution in [-0.4, -0.2) is 41.1 Å². The lowest BCUT2D eigenvalue weighted by atomic mass is 9.86. The molecule has 0 fully saturated rings. The second kappa shape index (κ2) is 5.74. The zero-order valence-electron chi connectivity index (χ0n) is 14.1. The molecule has 2 aromatic rings. The number of carbonyl (C=O) groups is 1. The van der Waals surface area contributed by atoms with Gasteiger partial charge in [0.25, 0.3) is 0 Å². The van der Waals surface area contributed by atoms with Crippen LogP contribution in [0.25, 0.3) is 16.5 Å². The minimum Gasteiger partial charge on any atom is -0.343 e. The largest absolute Gasteiger partial charge is 0.343 e. The topological polar surface area (TPSA) is 37.3 Å². The van der Waals surface area contributed by atoms with Crippen LogP contribution < -0.4 is 5.32 Å². The molecule has 2 unspecified atom stereocenters. The van der Waals surface area contributed by atoms with Crippen LogP contribution in [0.15, 0.2) is 30.5 Å². The Morgan fingerprint density at radius 1 is 1.38 bits per heavy atom. The normalized spacial score (nSPS) is 22.2. The van der Waals surface area contributed by atoms with E-state index in [1.165, 1.54) is 0 Å². The van der Waals surface area contributed by atoms with E-state index in [2.05, 4.69) is 11.4 Å². The number of benzene rings is 1. The molecule has 2 atom stereocenters. The quantitative estimate of drug-likeness (QED) is 0.941. The Morgan fingerprint density at radius 3 is 2.92 bits per heavy atom. The minimum absolute atomic E-state index is 0.135. The first-order valence-corrected chi connectivity index (χ1v) is 8.65. The number of hydrogen-bond donors (Lipinski definition) is 1. The molecule has 4 nitrogen and oxygen atoms in total. The van der Waals surface area contributed by atoms with Crippen LogP contribution in [0.4, 0.5) is 4.39 Å². The van der Waals surface area contributed by atoms with E-state index in [1.54, 1.807) is 6.20 Å². The van der Waals surface area contributed by atoms with Gasteiger partial charge in [0, 0.05) is 43.3 Å². The fourth-order valence-electron chi connectivity index (χ4n) is 4.03.